The van der Waals surface area contributed by atoms with Crippen molar-refractivity contribution in [3.05, 3.63) is 34.9 Å². The number of nitrogens with one attached hydrogen (secondary N) is 1. The van der Waals surface area contributed by atoms with E-state index in [-0.39, 0.29) is 17.2 Å². The Balaban J connectivity index is 2.13. The largest absolute Gasteiger partial charge is 0.347 e. The Labute approximate surface area is 149 Å². The van der Waals surface area contributed by atoms with E-state index in [1.54, 1.807) is 0 Å². The van der Waals surface area contributed by atoms with Crippen molar-refractivity contribution in [1.82, 2.24) is 10.2 Å². The Morgan fingerprint density at radius 1 is 1.33 bits per heavy atom. The summed E-state index contributed by atoms with van der Waals surface area (Å²) < 4.78 is 0. The highest BCUT2D eigenvalue weighted by Gasteiger charge is 2.40. The minimum atomic E-state index is -0.453. The van der Waals surface area contributed by atoms with Crippen LogP contribution in [0.4, 0.5) is 0 Å². The maximum absolute atomic E-state index is 12.8. The quantitative estimate of drug-likeness (QED) is 0.827. The van der Waals surface area contributed by atoms with E-state index < -0.39 is 6.04 Å². The number of carbonyl (C=O) groups is 2. The molecule has 5 heteroatoms. The maximum Gasteiger partial charge on any atom is 0.245 e. The lowest BCUT2D eigenvalue weighted by Crippen LogP contribution is -2.54. The van der Waals surface area contributed by atoms with Crippen LogP contribution in [0.1, 0.15) is 45.6 Å². The molecule has 0 aliphatic carbocycles. The first kappa shape index (κ1) is 18.8. The van der Waals surface area contributed by atoms with Crippen molar-refractivity contribution in [2.24, 2.45) is 11.3 Å². The van der Waals surface area contributed by atoms with Crippen LogP contribution >= 0.6 is 11.6 Å². The van der Waals surface area contributed by atoms with E-state index in [0.29, 0.717) is 25.4 Å². The molecule has 0 saturated carbocycles. The second kappa shape index (κ2) is 7.56. The molecule has 2 atom stereocenters. The van der Waals surface area contributed by atoms with Crippen LogP contribution in [0.15, 0.2) is 24.3 Å². The van der Waals surface area contributed by atoms with Gasteiger partial charge in [0, 0.05) is 18.1 Å². The Hall–Kier alpha value is -1.55. The summed E-state index contributed by atoms with van der Waals surface area (Å²) in [7, 11) is 0. The summed E-state index contributed by atoms with van der Waals surface area (Å²) in [5, 5.41) is 3.41. The van der Waals surface area contributed by atoms with Crippen molar-refractivity contribution in [1.29, 1.82) is 0 Å². The van der Waals surface area contributed by atoms with Crippen LogP contribution in [-0.2, 0) is 9.59 Å². The van der Waals surface area contributed by atoms with Gasteiger partial charge in [-0.3, -0.25) is 9.59 Å². The van der Waals surface area contributed by atoms with Crippen LogP contribution in [-0.4, -0.2) is 36.3 Å². The number of benzene rings is 1. The van der Waals surface area contributed by atoms with Gasteiger partial charge in [0.1, 0.15) is 6.04 Å². The smallest absolute Gasteiger partial charge is 0.245 e. The fraction of sp³-hybridized carbons (Fsp3) is 0.579. The lowest BCUT2D eigenvalue weighted by Gasteiger charge is -2.45. The molecule has 1 heterocycles. The molecule has 24 heavy (non-hydrogen) atoms. The highest BCUT2D eigenvalue weighted by molar-refractivity contribution is 6.30. The fourth-order valence-corrected chi connectivity index (χ4v) is 3.80. The minimum Gasteiger partial charge on any atom is -0.347 e. The Kier molecular flexibility index (Phi) is 5.92. The van der Waals surface area contributed by atoms with Gasteiger partial charge in [0.25, 0.3) is 0 Å². The summed E-state index contributed by atoms with van der Waals surface area (Å²) in [6, 6.07) is 7.56. The van der Waals surface area contributed by atoms with Gasteiger partial charge in [-0.25, -0.2) is 0 Å². The number of amides is 2. The van der Waals surface area contributed by atoms with Crippen LogP contribution in [0.3, 0.4) is 0 Å². The number of hydrogen-bond acceptors (Lipinski definition) is 2. The minimum absolute atomic E-state index is 0.0136. The fourth-order valence-electron chi connectivity index (χ4n) is 3.68. The zero-order valence-electron chi connectivity index (χ0n) is 14.9. The van der Waals surface area contributed by atoms with Crippen molar-refractivity contribution in [2.75, 3.05) is 13.1 Å². The molecular weight excluding hydrogens is 324 g/mol. The highest BCUT2D eigenvalue weighted by atomic mass is 35.5. The maximum atomic E-state index is 12.8. The monoisotopic (exact) mass is 350 g/mol. The Morgan fingerprint density at radius 3 is 2.46 bits per heavy atom. The molecule has 2 rings (SSSR count). The second-order valence-electron chi connectivity index (χ2n) is 7.65. The van der Waals surface area contributed by atoms with Gasteiger partial charge in [-0.05, 0) is 41.4 Å². The average Bonchev–Trinajstić information content (AvgIpc) is 2.52. The molecule has 2 amide bonds. The summed E-state index contributed by atoms with van der Waals surface area (Å²) >= 11 is 5.99. The number of nitrogens with zero attached hydrogens (tertiary/aromatic N) is 1. The number of piperidine rings is 1. The molecule has 1 aromatic carbocycles. The lowest BCUT2D eigenvalue weighted by atomic mass is 9.70. The number of rotatable bonds is 5. The van der Waals surface area contributed by atoms with E-state index in [9.17, 15) is 9.59 Å². The number of carbonyl (C=O) groups excluding carboxylic acids is 2. The molecule has 1 N–H and O–H groups in total. The highest BCUT2D eigenvalue weighted by Crippen LogP contribution is 2.42. The van der Waals surface area contributed by atoms with E-state index in [0.717, 1.165) is 11.4 Å². The van der Waals surface area contributed by atoms with Crippen LogP contribution in [0.2, 0.25) is 5.02 Å². The normalized spacial score (nSPS) is 21.4. The van der Waals surface area contributed by atoms with E-state index >= 15 is 0 Å². The third kappa shape index (κ3) is 4.10. The summed E-state index contributed by atoms with van der Waals surface area (Å²) in [4.78, 5) is 25.5. The Morgan fingerprint density at radius 2 is 1.96 bits per heavy atom. The predicted octanol–water partition coefficient (Wildman–Crippen LogP) is 3.45. The van der Waals surface area contributed by atoms with Gasteiger partial charge in [0.05, 0.1) is 0 Å². The summed E-state index contributed by atoms with van der Waals surface area (Å²) in [6.07, 6.45) is 1.53. The van der Waals surface area contributed by atoms with Gasteiger partial charge in [-0.1, -0.05) is 51.4 Å². The zero-order chi connectivity index (χ0) is 17.9. The first-order chi connectivity index (χ1) is 11.3. The van der Waals surface area contributed by atoms with Gasteiger partial charge in [0.15, 0.2) is 0 Å². The molecular formula is C19H27ClN2O2. The molecule has 1 saturated heterocycles. The molecule has 1 aromatic rings. The zero-order valence-corrected chi connectivity index (χ0v) is 15.6. The van der Waals surface area contributed by atoms with Crippen LogP contribution in [0.5, 0.6) is 0 Å². The van der Waals surface area contributed by atoms with E-state index in [1.807, 2.05) is 30.9 Å². The van der Waals surface area contributed by atoms with E-state index in [2.05, 4.69) is 31.3 Å². The van der Waals surface area contributed by atoms with Gasteiger partial charge in [0.2, 0.25) is 12.3 Å². The molecule has 1 aliphatic rings. The summed E-state index contributed by atoms with van der Waals surface area (Å²) in [5.74, 6) is 0.467. The standard InChI is InChI=1S/C19H27ClN2O2/c1-13(2)17(21-12-23)18(24)22-10-9-16(19(3,4)11-22)14-5-7-15(20)8-6-14/h5-8,12-13,16-17H,9-11H2,1-4H3,(H,21,23)/t16-,17-/m1/s1. The number of likely N-dealkylation sites (tertiary alicyclic amines) is 1. The number of halogens is 1. The lowest BCUT2D eigenvalue weighted by molar-refractivity contribution is -0.139. The van der Waals surface area contributed by atoms with Crippen molar-refractivity contribution in [2.45, 2.75) is 46.1 Å². The third-order valence-electron chi connectivity index (χ3n) is 4.99. The molecule has 1 fully saturated rings. The van der Waals surface area contributed by atoms with Crippen molar-refractivity contribution >= 4 is 23.9 Å². The molecule has 0 unspecified atom stereocenters. The molecule has 0 aromatic heterocycles. The SMILES string of the molecule is CC(C)[C@@H](NC=O)C(=O)N1CC[C@H](c2ccc(Cl)cc2)C(C)(C)C1. The van der Waals surface area contributed by atoms with E-state index in [1.165, 1.54) is 5.56 Å². The van der Waals surface area contributed by atoms with Gasteiger partial charge < -0.3 is 10.2 Å². The van der Waals surface area contributed by atoms with Crippen LogP contribution in [0, 0.1) is 11.3 Å². The number of hydrogen-bond donors (Lipinski definition) is 1. The van der Waals surface area contributed by atoms with Gasteiger partial charge in [-0.15, -0.1) is 0 Å². The van der Waals surface area contributed by atoms with Gasteiger partial charge in [-0.2, -0.15) is 0 Å². The van der Waals surface area contributed by atoms with Crippen molar-refractivity contribution in [3.63, 3.8) is 0 Å². The summed E-state index contributed by atoms with van der Waals surface area (Å²) in [6.45, 7) is 9.68. The van der Waals surface area contributed by atoms with Crippen molar-refractivity contribution in [3.8, 4) is 0 Å². The molecule has 132 valence electrons. The van der Waals surface area contributed by atoms with Gasteiger partial charge >= 0.3 is 0 Å². The molecule has 4 nitrogen and oxygen atoms in total. The molecule has 1 aliphatic heterocycles. The molecule has 0 radical (unpaired) electrons. The topological polar surface area (TPSA) is 49.4 Å². The van der Waals surface area contributed by atoms with Crippen molar-refractivity contribution < 1.29 is 9.59 Å². The Bertz CT molecular complexity index is 584. The predicted molar refractivity (Wildman–Crippen MR) is 97.0 cm³/mol. The first-order valence-corrected chi connectivity index (χ1v) is 8.88. The van der Waals surface area contributed by atoms with Crippen LogP contribution in [0.25, 0.3) is 0 Å². The van der Waals surface area contributed by atoms with Crippen LogP contribution < -0.4 is 5.32 Å². The molecule has 0 spiro atoms. The second-order valence-corrected chi connectivity index (χ2v) is 8.08. The molecule has 0 bridgehead atoms. The average molecular weight is 351 g/mol. The summed E-state index contributed by atoms with van der Waals surface area (Å²) in [5.41, 5.74) is 1.23. The third-order valence-corrected chi connectivity index (χ3v) is 5.25. The first-order valence-electron chi connectivity index (χ1n) is 8.50. The van der Waals surface area contributed by atoms with E-state index in [4.69, 9.17) is 11.6 Å².